The summed E-state index contributed by atoms with van der Waals surface area (Å²) in [5.41, 5.74) is 4.03. The molecule has 0 spiro atoms. The number of nitrogens with one attached hydrogen (secondary N) is 1. The number of carbonyl (C=O) groups is 2. The predicted molar refractivity (Wildman–Crippen MR) is 116 cm³/mol. The largest absolute Gasteiger partial charge is 0.310 e. The van der Waals surface area contributed by atoms with Gasteiger partial charge in [0.2, 0.25) is 5.91 Å². The molecule has 1 N–H and O–H groups in total. The molecule has 0 saturated heterocycles. The maximum absolute atomic E-state index is 13.3. The molecular weight excluding hydrogens is 382 g/mol. The van der Waals surface area contributed by atoms with Crippen LogP contribution in [0.5, 0.6) is 0 Å². The number of hydrogen-bond donors (Lipinski definition) is 1. The highest BCUT2D eigenvalue weighted by atomic mass is 32.1. The molecule has 150 valence electrons. The van der Waals surface area contributed by atoms with Gasteiger partial charge in [0.25, 0.3) is 0 Å². The van der Waals surface area contributed by atoms with Crippen molar-refractivity contribution in [2.45, 2.75) is 46.5 Å². The Balaban J connectivity index is 1.76. The predicted octanol–water partition coefficient (Wildman–Crippen LogP) is 4.91. The molecule has 0 saturated carbocycles. The van der Waals surface area contributed by atoms with Crippen molar-refractivity contribution in [1.29, 1.82) is 0 Å². The first-order valence-electron chi connectivity index (χ1n) is 9.83. The number of aliphatic imine (C=N–C) groups is 1. The second kappa shape index (κ2) is 7.34. The van der Waals surface area contributed by atoms with Gasteiger partial charge in [0.1, 0.15) is 5.82 Å². The van der Waals surface area contributed by atoms with E-state index < -0.39 is 5.92 Å². The van der Waals surface area contributed by atoms with Crippen molar-refractivity contribution in [2.75, 3.05) is 5.32 Å². The number of pyridine rings is 1. The third kappa shape index (κ3) is 3.81. The molecule has 2 aromatic rings. The SMILES string of the molecule is CC1=NC2=C(C(=O)CC(C)(C)C2)[C@H](c2ccsc2)C1C(=O)Nc1cccc(C)n1. The number of Topliss-reactive ketones (excluding diaryl/α,β-unsaturated/α-hetero) is 1. The van der Waals surface area contributed by atoms with E-state index >= 15 is 0 Å². The zero-order valence-corrected chi connectivity index (χ0v) is 18.0. The average Bonchev–Trinajstić information content (AvgIpc) is 3.13. The standard InChI is InChI=1S/C23H25N3O2S/c1-13-6-5-7-18(24-13)26-22(28)19-14(2)25-16-10-23(3,4)11-17(27)21(16)20(19)15-8-9-29-12-15/h5-9,12,19-20H,10-11H2,1-4H3,(H,24,26,28)/t19?,20-/m1/s1. The number of anilines is 1. The van der Waals surface area contributed by atoms with Gasteiger partial charge in [-0.05, 0) is 60.2 Å². The molecule has 2 aromatic heterocycles. The van der Waals surface area contributed by atoms with Crippen LogP contribution in [0.4, 0.5) is 5.82 Å². The van der Waals surface area contributed by atoms with Crippen molar-refractivity contribution in [3.63, 3.8) is 0 Å². The van der Waals surface area contributed by atoms with Crippen LogP contribution in [0.25, 0.3) is 0 Å². The molecule has 0 bridgehead atoms. The molecule has 6 heteroatoms. The van der Waals surface area contributed by atoms with E-state index in [2.05, 4.69) is 24.1 Å². The van der Waals surface area contributed by atoms with Gasteiger partial charge in [-0.3, -0.25) is 14.6 Å². The highest BCUT2D eigenvalue weighted by Crippen LogP contribution is 2.48. The summed E-state index contributed by atoms with van der Waals surface area (Å²) >= 11 is 1.58. The summed E-state index contributed by atoms with van der Waals surface area (Å²) in [6.07, 6.45) is 1.23. The van der Waals surface area contributed by atoms with Crippen LogP contribution < -0.4 is 5.32 Å². The highest BCUT2D eigenvalue weighted by Gasteiger charge is 2.45. The van der Waals surface area contributed by atoms with Gasteiger partial charge < -0.3 is 5.32 Å². The van der Waals surface area contributed by atoms with E-state index in [0.717, 1.165) is 29.1 Å². The first-order valence-corrected chi connectivity index (χ1v) is 10.8. The first kappa shape index (κ1) is 19.7. The van der Waals surface area contributed by atoms with Gasteiger partial charge in [0.15, 0.2) is 5.78 Å². The third-order valence-electron chi connectivity index (χ3n) is 5.63. The lowest BCUT2D eigenvalue weighted by atomic mass is 9.67. The van der Waals surface area contributed by atoms with Crippen LogP contribution in [0.1, 0.15) is 50.8 Å². The van der Waals surface area contributed by atoms with Crippen molar-refractivity contribution < 1.29 is 9.59 Å². The molecule has 5 nitrogen and oxygen atoms in total. The molecule has 2 aliphatic rings. The fourth-order valence-corrected chi connectivity index (χ4v) is 5.11. The summed E-state index contributed by atoms with van der Waals surface area (Å²) in [4.78, 5) is 35.7. The molecule has 1 amide bonds. The minimum Gasteiger partial charge on any atom is -0.310 e. The number of hydrogen-bond acceptors (Lipinski definition) is 5. The lowest BCUT2D eigenvalue weighted by molar-refractivity contribution is -0.119. The van der Waals surface area contributed by atoms with Gasteiger partial charge in [-0.1, -0.05) is 19.9 Å². The van der Waals surface area contributed by atoms with E-state index in [4.69, 9.17) is 4.99 Å². The maximum atomic E-state index is 13.3. The number of thiophene rings is 1. The summed E-state index contributed by atoms with van der Waals surface area (Å²) in [5, 5.41) is 6.96. The Bertz CT molecular complexity index is 1030. The van der Waals surface area contributed by atoms with Crippen molar-refractivity contribution in [3.05, 3.63) is 57.6 Å². The number of amides is 1. The lowest BCUT2D eigenvalue weighted by Crippen LogP contribution is -2.40. The van der Waals surface area contributed by atoms with Crippen molar-refractivity contribution >= 4 is 34.6 Å². The Morgan fingerprint density at radius 3 is 2.69 bits per heavy atom. The Kier molecular flexibility index (Phi) is 4.99. The summed E-state index contributed by atoms with van der Waals surface area (Å²) in [6.45, 7) is 7.97. The Morgan fingerprint density at radius 1 is 1.21 bits per heavy atom. The quantitative estimate of drug-likeness (QED) is 0.786. The topological polar surface area (TPSA) is 71.4 Å². The third-order valence-corrected chi connectivity index (χ3v) is 6.33. The van der Waals surface area contributed by atoms with Crippen molar-refractivity contribution in [1.82, 2.24) is 4.98 Å². The van der Waals surface area contributed by atoms with Gasteiger partial charge in [-0.15, -0.1) is 0 Å². The van der Waals surface area contributed by atoms with Crippen LogP contribution in [0.2, 0.25) is 0 Å². The van der Waals surface area contributed by atoms with Crippen LogP contribution in [0, 0.1) is 18.3 Å². The number of carbonyl (C=O) groups excluding carboxylic acids is 2. The van der Waals surface area contributed by atoms with Crippen molar-refractivity contribution in [2.24, 2.45) is 16.3 Å². The van der Waals surface area contributed by atoms with Gasteiger partial charge in [0, 0.05) is 35.0 Å². The highest BCUT2D eigenvalue weighted by molar-refractivity contribution is 7.08. The zero-order valence-electron chi connectivity index (χ0n) is 17.2. The fraction of sp³-hybridized carbons (Fsp3) is 0.391. The minimum absolute atomic E-state index is 0.107. The van der Waals surface area contributed by atoms with E-state index in [1.54, 1.807) is 17.4 Å². The number of aromatic nitrogens is 1. The maximum Gasteiger partial charge on any atom is 0.235 e. The Hall–Kier alpha value is -2.60. The van der Waals surface area contributed by atoms with Gasteiger partial charge in [-0.2, -0.15) is 11.3 Å². The van der Waals surface area contributed by atoms with Gasteiger partial charge >= 0.3 is 0 Å². The number of allylic oxidation sites excluding steroid dienone is 2. The molecule has 1 unspecified atom stereocenters. The molecule has 3 heterocycles. The van der Waals surface area contributed by atoms with Crippen LogP contribution in [0.15, 0.2) is 51.3 Å². The summed E-state index contributed by atoms with van der Waals surface area (Å²) in [7, 11) is 0. The van der Waals surface area contributed by atoms with Crippen molar-refractivity contribution in [3.8, 4) is 0 Å². The lowest BCUT2D eigenvalue weighted by Gasteiger charge is -2.38. The van der Waals surface area contributed by atoms with Crippen LogP contribution in [-0.4, -0.2) is 22.4 Å². The number of rotatable bonds is 3. The monoisotopic (exact) mass is 407 g/mol. The van der Waals surface area contributed by atoms with E-state index in [0.29, 0.717) is 17.8 Å². The normalized spacial score (nSPS) is 23.4. The number of ketones is 1. The van der Waals surface area contributed by atoms with Crippen LogP contribution in [0.3, 0.4) is 0 Å². The molecule has 0 radical (unpaired) electrons. The van der Waals surface area contributed by atoms with Crippen LogP contribution >= 0.6 is 11.3 Å². The number of nitrogens with zero attached hydrogens (tertiary/aromatic N) is 2. The Morgan fingerprint density at radius 2 is 2.00 bits per heavy atom. The molecule has 29 heavy (non-hydrogen) atoms. The summed E-state index contributed by atoms with van der Waals surface area (Å²) < 4.78 is 0. The molecule has 0 aromatic carbocycles. The number of aryl methyl sites for hydroxylation is 1. The van der Waals surface area contributed by atoms with E-state index in [-0.39, 0.29) is 23.0 Å². The second-order valence-corrected chi connectivity index (χ2v) is 9.50. The van der Waals surface area contributed by atoms with E-state index in [1.165, 1.54) is 0 Å². The molecule has 0 fully saturated rings. The second-order valence-electron chi connectivity index (χ2n) is 8.72. The van der Waals surface area contributed by atoms with E-state index in [1.807, 2.05) is 42.8 Å². The summed E-state index contributed by atoms with van der Waals surface area (Å²) in [6, 6.07) is 7.54. The van der Waals surface area contributed by atoms with Crippen LogP contribution in [-0.2, 0) is 9.59 Å². The zero-order chi connectivity index (χ0) is 20.8. The molecule has 1 aliphatic heterocycles. The average molecular weight is 408 g/mol. The summed E-state index contributed by atoms with van der Waals surface area (Å²) in [5.74, 6) is -0.388. The minimum atomic E-state index is -0.532. The molecule has 4 rings (SSSR count). The first-order chi connectivity index (χ1) is 13.7. The Labute approximate surface area is 175 Å². The molecule has 1 aliphatic carbocycles. The fourth-order valence-electron chi connectivity index (χ4n) is 4.41. The van der Waals surface area contributed by atoms with Gasteiger partial charge in [0.05, 0.1) is 5.92 Å². The smallest absolute Gasteiger partial charge is 0.235 e. The van der Waals surface area contributed by atoms with Gasteiger partial charge in [-0.25, -0.2) is 4.98 Å². The molecular formula is C23H25N3O2S. The van der Waals surface area contributed by atoms with E-state index in [9.17, 15) is 9.59 Å². The molecule has 2 atom stereocenters.